The van der Waals surface area contributed by atoms with E-state index in [-0.39, 0.29) is 34.3 Å². The third-order valence-corrected chi connectivity index (χ3v) is 5.88. The van der Waals surface area contributed by atoms with Gasteiger partial charge >= 0.3 is 0 Å². The molecule has 5 nitrogen and oxygen atoms in total. The largest absolute Gasteiger partial charge is 0.506 e. The molecular weight excluding hydrogens is 399 g/mol. The molecule has 26 heavy (non-hydrogen) atoms. The summed E-state index contributed by atoms with van der Waals surface area (Å²) in [6.07, 6.45) is 4.65. The average Bonchev–Trinajstić information content (AvgIpc) is 3.04. The Morgan fingerprint density at radius 1 is 1.19 bits per heavy atom. The number of halogens is 3. The van der Waals surface area contributed by atoms with E-state index in [1.54, 1.807) is 12.1 Å². The zero-order valence-corrected chi connectivity index (χ0v) is 15.5. The third-order valence-electron chi connectivity index (χ3n) is 5.02. The van der Waals surface area contributed by atoms with E-state index in [2.05, 4.69) is 5.32 Å². The van der Waals surface area contributed by atoms with Crippen molar-refractivity contribution in [1.29, 1.82) is 0 Å². The molecule has 0 unspecified atom stereocenters. The minimum absolute atomic E-state index is 0.0118. The number of allylic oxidation sites excluding steroid dienone is 2. The van der Waals surface area contributed by atoms with Crippen molar-refractivity contribution in [2.45, 2.75) is 18.4 Å². The molecule has 8 heteroatoms. The van der Waals surface area contributed by atoms with Crippen LogP contribution in [0.25, 0.3) is 0 Å². The number of hydrogen-bond acceptors (Lipinski definition) is 4. The monoisotopic (exact) mass is 410 g/mol. The van der Waals surface area contributed by atoms with Gasteiger partial charge in [0.1, 0.15) is 10.8 Å². The van der Waals surface area contributed by atoms with Crippen LogP contribution >= 0.6 is 34.8 Å². The van der Waals surface area contributed by atoms with E-state index in [1.807, 2.05) is 18.2 Å². The zero-order chi connectivity index (χ0) is 18.6. The van der Waals surface area contributed by atoms with Gasteiger partial charge in [-0.2, -0.15) is 0 Å². The predicted molar refractivity (Wildman–Crippen MR) is 103 cm³/mol. The van der Waals surface area contributed by atoms with Gasteiger partial charge in [-0.25, -0.2) is 0 Å². The number of rotatable bonds is 2. The van der Waals surface area contributed by atoms with Gasteiger partial charge in [0.25, 0.3) is 5.69 Å². The molecular formula is C18H13Cl3N2O3. The van der Waals surface area contributed by atoms with Crippen LogP contribution < -0.4 is 5.32 Å². The molecule has 2 N–H and O–H groups in total. The van der Waals surface area contributed by atoms with E-state index < -0.39 is 4.92 Å². The summed E-state index contributed by atoms with van der Waals surface area (Å²) in [6.45, 7) is 0. The minimum atomic E-state index is -0.499. The molecule has 1 aliphatic carbocycles. The van der Waals surface area contributed by atoms with Crippen LogP contribution in [0.15, 0.2) is 36.4 Å². The van der Waals surface area contributed by atoms with Gasteiger partial charge < -0.3 is 10.4 Å². The van der Waals surface area contributed by atoms with Crippen LogP contribution in [0.1, 0.15) is 29.5 Å². The van der Waals surface area contributed by atoms with Gasteiger partial charge in [0, 0.05) is 22.0 Å². The van der Waals surface area contributed by atoms with Crippen LogP contribution in [0.2, 0.25) is 15.1 Å². The Kier molecular flexibility index (Phi) is 4.26. The molecule has 0 amide bonds. The number of aromatic hydroxyl groups is 1. The summed E-state index contributed by atoms with van der Waals surface area (Å²) in [4.78, 5) is 11.1. The summed E-state index contributed by atoms with van der Waals surface area (Å²) in [5, 5.41) is 26.2. The lowest BCUT2D eigenvalue weighted by Crippen LogP contribution is -2.30. The Bertz CT molecular complexity index is 961. The van der Waals surface area contributed by atoms with Crippen LogP contribution in [0.5, 0.6) is 5.75 Å². The van der Waals surface area contributed by atoms with Crippen molar-refractivity contribution in [1.82, 2.24) is 0 Å². The highest BCUT2D eigenvalue weighted by molar-refractivity contribution is 6.35. The highest BCUT2D eigenvalue weighted by atomic mass is 35.5. The Hall–Kier alpha value is -1.95. The normalized spacial score (nSPS) is 23.3. The van der Waals surface area contributed by atoms with Gasteiger partial charge in [-0.3, -0.25) is 10.1 Å². The van der Waals surface area contributed by atoms with E-state index in [4.69, 9.17) is 34.8 Å². The van der Waals surface area contributed by atoms with E-state index in [0.717, 1.165) is 12.0 Å². The van der Waals surface area contributed by atoms with Gasteiger partial charge in [-0.1, -0.05) is 53.0 Å². The minimum Gasteiger partial charge on any atom is -0.506 e. The summed E-state index contributed by atoms with van der Waals surface area (Å²) in [6, 6.07) is 6.23. The number of phenolic OH excluding ortho intramolecular Hbond substituents is 1. The fourth-order valence-electron chi connectivity index (χ4n) is 3.96. The van der Waals surface area contributed by atoms with E-state index in [0.29, 0.717) is 21.3 Å². The SMILES string of the molecule is O=[N+]([O-])c1c(Cl)cc(O)c2c1[C@@H]1C=CC[C@@H]1[C@H](c1ccc(Cl)cc1Cl)N2. The number of anilines is 1. The number of hydrogen-bond donors (Lipinski definition) is 2. The molecule has 0 saturated carbocycles. The number of phenols is 1. The van der Waals surface area contributed by atoms with Crippen LogP contribution in [-0.2, 0) is 0 Å². The second-order valence-electron chi connectivity index (χ2n) is 6.41. The molecule has 1 aliphatic heterocycles. The van der Waals surface area contributed by atoms with Crippen molar-refractivity contribution in [2.75, 3.05) is 5.32 Å². The first-order chi connectivity index (χ1) is 12.4. The molecule has 4 rings (SSSR count). The Morgan fingerprint density at radius 2 is 1.96 bits per heavy atom. The molecule has 0 aromatic heterocycles. The third kappa shape index (κ3) is 2.62. The van der Waals surface area contributed by atoms with E-state index in [9.17, 15) is 15.2 Å². The maximum atomic E-state index is 11.6. The summed E-state index contributed by atoms with van der Waals surface area (Å²) < 4.78 is 0. The smallest absolute Gasteiger partial charge is 0.293 e. The van der Waals surface area contributed by atoms with Crippen molar-refractivity contribution in [2.24, 2.45) is 5.92 Å². The number of nitro benzene ring substituents is 1. The molecule has 0 bridgehead atoms. The lowest BCUT2D eigenvalue weighted by molar-refractivity contribution is -0.385. The second-order valence-corrected chi connectivity index (χ2v) is 7.66. The van der Waals surface area contributed by atoms with Crippen molar-refractivity contribution < 1.29 is 10.0 Å². The lowest BCUT2D eigenvalue weighted by Gasteiger charge is -2.37. The number of benzene rings is 2. The van der Waals surface area contributed by atoms with E-state index in [1.165, 1.54) is 6.07 Å². The summed E-state index contributed by atoms with van der Waals surface area (Å²) in [5.74, 6) is -0.352. The van der Waals surface area contributed by atoms with Crippen molar-refractivity contribution in [3.05, 3.63) is 72.7 Å². The van der Waals surface area contributed by atoms with Gasteiger partial charge in [-0.15, -0.1) is 0 Å². The van der Waals surface area contributed by atoms with Crippen molar-refractivity contribution in [3.63, 3.8) is 0 Å². The molecule has 1 heterocycles. The molecule has 2 aromatic rings. The highest BCUT2D eigenvalue weighted by Crippen LogP contribution is 2.56. The first-order valence-corrected chi connectivity index (χ1v) is 9.09. The van der Waals surface area contributed by atoms with Crippen molar-refractivity contribution >= 4 is 46.2 Å². The fourth-order valence-corrected chi connectivity index (χ4v) is 4.76. The maximum absolute atomic E-state index is 11.6. The summed E-state index contributed by atoms with van der Waals surface area (Å²) >= 11 is 18.4. The molecule has 2 aliphatic rings. The van der Waals surface area contributed by atoms with Gasteiger partial charge in [0.05, 0.1) is 22.2 Å². The molecule has 0 fully saturated rings. The highest BCUT2D eigenvalue weighted by Gasteiger charge is 2.44. The van der Waals surface area contributed by atoms with Crippen LogP contribution in [0.4, 0.5) is 11.4 Å². The summed E-state index contributed by atoms with van der Waals surface area (Å²) in [7, 11) is 0. The molecule has 0 spiro atoms. The van der Waals surface area contributed by atoms with Crippen molar-refractivity contribution in [3.8, 4) is 5.75 Å². The Morgan fingerprint density at radius 3 is 2.65 bits per heavy atom. The lowest BCUT2D eigenvalue weighted by atomic mass is 9.76. The number of nitro groups is 1. The topological polar surface area (TPSA) is 75.4 Å². The van der Waals surface area contributed by atoms with Gasteiger partial charge in [0.2, 0.25) is 0 Å². The molecule has 0 radical (unpaired) electrons. The maximum Gasteiger partial charge on any atom is 0.293 e. The Balaban J connectivity index is 1.91. The predicted octanol–water partition coefficient (Wildman–Crippen LogP) is 6.09. The molecule has 0 saturated heterocycles. The zero-order valence-electron chi connectivity index (χ0n) is 13.2. The first kappa shape index (κ1) is 17.5. The average molecular weight is 412 g/mol. The van der Waals surface area contributed by atoms with Crippen LogP contribution in [0.3, 0.4) is 0 Å². The first-order valence-electron chi connectivity index (χ1n) is 7.96. The number of fused-ring (bicyclic) bond motifs is 3. The molecule has 3 atom stereocenters. The quantitative estimate of drug-likeness (QED) is 0.271. The number of nitrogens with one attached hydrogen (secondary N) is 1. The fraction of sp³-hybridized carbons (Fsp3) is 0.222. The van der Waals surface area contributed by atoms with Gasteiger partial charge in [0.15, 0.2) is 0 Å². The van der Waals surface area contributed by atoms with E-state index >= 15 is 0 Å². The second kappa shape index (κ2) is 6.34. The summed E-state index contributed by atoms with van der Waals surface area (Å²) in [5.41, 5.74) is 1.40. The molecule has 2 aromatic carbocycles. The molecule has 134 valence electrons. The van der Waals surface area contributed by atoms with Crippen LogP contribution in [0, 0.1) is 16.0 Å². The van der Waals surface area contributed by atoms with Gasteiger partial charge in [-0.05, 0) is 30.0 Å². The van der Waals surface area contributed by atoms with Crippen LogP contribution in [-0.4, -0.2) is 10.0 Å². The Labute approximate surface area is 164 Å². The number of nitrogens with zero attached hydrogens (tertiary/aromatic N) is 1. The standard InChI is InChI=1S/C18H13Cl3N2O3/c19-8-4-5-11(12(20)6-8)16-10-3-1-2-9(10)15-17(22-16)14(24)7-13(21)18(15)23(25)26/h1-2,4-7,9-10,16,22,24H,3H2/t9-,10+,16-/m1/s1.